The summed E-state index contributed by atoms with van der Waals surface area (Å²) < 4.78 is 15.4. The molecule has 0 spiro atoms. The molecular formula is C18H21BrN2O4. The van der Waals surface area contributed by atoms with Crippen molar-refractivity contribution in [2.75, 3.05) is 21.3 Å². The predicted octanol–water partition coefficient (Wildman–Crippen LogP) is 3.75. The Morgan fingerprint density at radius 2 is 1.56 bits per heavy atom. The van der Waals surface area contributed by atoms with Gasteiger partial charge in [0.25, 0.3) is 0 Å². The van der Waals surface area contributed by atoms with Crippen LogP contribution < -0.4 is 9.47 Å². The van der Waals surface area contributed by atoms with Crippen LogP contribution in [0.1, 0.15) is 16.7 Å². The smallest absolute Gasteiger partial charge is 0.330 e. The number of esters is 1. The van der Waals surface area contributed by atoms with Crippen LogP contribution in [0.25, 0.3) is 6.08 Å². The van der Waals surface area contributed by atoms with Crippen LogP contribution in [0.5, 0.6) is 11.8 Å². The van der Waals surface area contributed by atoms with Gasteiger partial charge in [-0.1, -0.05) is 0 Å². The third-order valence-corrected chi connectivity index (χ3v) is 4.00. The van der Waals surface area contributed by atoms with Gasteiger partial charge < -0.3 is 14.2 Å². The minimum Gasteiger partial charge on any atom is -0.481 e. The van der Waals surface area contributed by atoms with E-state index in [1.165, 1.54) is 13.2 Å². The Morgan fingerprint density at radius 1 is 1.00 bits per heavy atom. The minimum atomic E-state index is -0.384. The molecule has 0 saturated carbocycles. The molecule has 134 valence electrons. The molecule has 0 aromatic carbocycles. The Kier molecular flexibility index (Phi) is 8.63. The van der Waals surface area contributed by atoms with E-state index in [0.29, 0.717) is 11.8 Å². The Hall–Kier alpha value is -2.41. The molecule has 0 aliphatic rings. The molecular weight excluding hydrogens is 388 g/mol. The van der Waals surface area contributed by atoms with Crippen LogP contribution in [0.4, 0.5) is 0 Å². The van der Waals surface area contributed by atoms with E-state index in [1.807, 2.05) is 19.9 Å². The van der Waals surface area contributed by atoms with Crippen LogP contribution in [-0.4, -0.2) is 37.3 Å². The van der Waals surface area contributed by atoms with E-state index in [2.05, 4.69) is 30.6 Å². The molecule has 0 aliphatic carbocycles. The second-order valence-electron chi connectivity index (χ2n) is 4.92. The number of pyridine rings is 2. The zero-order valence-corrected chi connectivity index (χ0v) is 16.5. The van der Waals surface area contributed by atoms with E-state index in [9.17, 15) is 4.79 Å². The maximum Gasteiger partial charge on any atom is 0.330 e. The van der Waals surface area contributed by atoms with Gasteiger partial charge in [-0.15, -0.1) is 0 Å². The Morgan fingerprint density at radius 3 is 2.04 bits per heavy atom. The summed E-state index contributed by atoms with van der Waals surface area (Å²) in [6.07, 6.45) is 6.39. The van der Waals surface area contributed by atoms with Gasteiger partial charge >= 0.3 is 5.97 Å². The monoisotopic (exact) mass is 408 g/mol. The molecule has 0 fully saturated rings. The molecule has 0 unspecified atom stereocenters. The summed E-state index contributed by atoms with van der Waals surface area (Å²) in [4.78, 5) is 18.9. The zero-order valence-electron chi connectivity index (χ0n) is 14.9. The quantitative estimate of drug-likeness (QED) is 0.566. The van der Waals surface area contributed by atoms with Gasteiger partial charge in [-0.3, -0.25) is 0 Å². The van der Waals surface area contributed by atoms with Crippen molar-refractivity contribution >= 4 is 28.0 Å². The van der Waals surface area contributed by atoms with Crippen molar-refractivity contribution in [3.05, 3.63) is 51.8 Å². The first-order valence-corrected chi connectivity index (χ1v) is 8.13. The number of carbonyl (C=O) groups excluding carboxylic acids is 1. The van der Waals surface area contributed by atoms with Gasteiger partial charge in [0.05, 0.1) is 21.3 Å². The molecule has 0 N–H and O–H groups in total. The highest BCUT2D eigenvalue weighted by Gasteiger charge is 1.99. The van der Waals surface area contributed by atoms with Crippen LogP contribution in [0.3, 0.4) is 0 Å². The van der Waals surface area contributed by atoms with Crippen LogP contribution >= 0.6 is 15.9 Å². The number of ether oxygens (including phenoxy) is 3. The van der Waals surface area contributed by atoms with E-state index < -0.39 is 0 Å². The number of aryl methyl sites for hydroxylation is 2. The third kappa shape index (κ3) is 6.93. The molecule has 0 saturated heterocycles. The highest BCUT2D eigenvalue weighted by Crippen LogP contribution is 2.17. The average Bonchev–Trinajstić information content (AvgIpc) is 2.63. The number of nitrogens with zero attached hydrogens (tertiary/aromatic N) is 2. The standard InChI is InChI=1S/C11H13NO3.C7H8BrNO/c1-8-6-10(14-2)12-7-9(8)4-5-11(13)15-3;1-5-3-7(10-2)9-4-6(5)8/h4-7H,1-3H3;3-4H,1-2H3/b5-4+;. The van der Waals surface area contributed by atoms with Crippen molar-refractivity contribution in [3.8, 4) is 11.8 Å². The van der Waals surface area contributed by atoms with Gasteiger partial charge in [0, 0.05) is 35.1 Å². The van der Waals surface area contributed by atoms with Crippen molar-refractivity contribution in [1.82, 2.24) is 9.97 Å². The van der Waals surface area contributed by atoms with Gasteiger partial charge in [-0.25, -0.2) is 14.8 Å². The molecule has 25 heavy (non-hydrogen) atoms. The van der Waals surface area contributed by atoms with Gasteiger partial charge in [0.15, 0.2) is 0 Å². The molecule has 2 aromatic rings. The van der Waals surface area contributed by atoms with Gasteiger partial charge in [-0.2, -0.15) is 0 Å². The lowest BCUT2D eigenvalue weighted by molar-refractivity contribution is -0.134. The summed E-state index contributed by atoms with van der Waals surface area (Å²) in [5.41, 5.74) is 2.98. The van der Waals surface area contributed by atoms with Crippen molar-refractivity contribution in [1.29, 1.82) is 0 Å². The van der Waals surface area contributed by atoms with E-state index >= 15 is 0 Å². The number of carbonyl (C=O) groups is 1. The maximum atomic E-state index is 10.9. The van der Waals surface area contributed by atoms with Gasteiger partial charge in [0.1, 0.15) is 0 Å². The first-order valence-electron chi connectivity index (χ1n) is 7.34. The lowest BCUT2D eigenvalue weighted by Gasteiger charge is -2.02. The van der Waals surface area contributed by atoms with Crippen LogP contribution in [-0.2, 0) is 9.53 Å². The topological polar surface area (TPSA) is 70.5 Å². The molecule has 6 nitrogen and oxygen atoms in total. The summed E-state index contributed by atoms with van der Waals surface area (Å²) in [6, 6.07) is 3.68. The third-order valence-electron chi connectivity index (χ3n) is 3.17. The van der Waals surface area contributed by atoms with Crippen molar-refractivity contribution in [2.24, 2.45) is 0 Å². The number of halogens is 1. The Balaban J connectivity index is 0.000000271. The first kappa shape index (κ1) is 20.6. The first-order chi connectivity index (χ1) is 11.9. The molecule has 0 aliphatic heterocycles. The molecule has 2 heterocycles. The van der Waals surface area contributed by atoms with Gasteiger partial charge in [0.2, 0.25) is 11.8 Å². The number of hydrogen-bond acceptors (Lipinski definition) is 6. The highest BCUT2D eigenvalue weighted by molar-refractivity contribution is 9.10. The second-order valence-corrected chi connectivity index (χ2v) is 5.77. The molecule has 2 rings (SSSR count). The molecule has 7 heteroatoms. The van der Waals surface area contributed by atoms with E-state index in [0.717, 1.165) is 21.2 Å². The van der Waals surface area contributed by atoms with Crippen molar-refractivity contribution in [3.63, 3.8) is 0 Å². The Bertz CT molecular complexity index is 748. The van der Waals surface area contributed by atoms with E-state index in [4.69, 9.17) is 9.47 Å². The largest absolute Gasteiger partial charge is 0.481 e. The summed E-state index contributed by atoms with van der Waals surface area (Å²) in [5, 5.41) is 0. The summed E-state index contributed by atoms with van der Waals surface area (Å²) >= 11 is 3.34. The average molecular weight is 409 g/mol. The maximum absolute atomic E-state index is 10.9. The normalized spacial score (nSPS) is 10.0. The SMILES string of the molecule is COC(=O)/C=C/c1cnc(OC)cc1C.COc1cc(C)c(Br)cn1. The lowest BCUT2D eigenvalue weighted by atomic mass is 10.1. The van der Waals surface area contributed by atoms with Gasteiger partial charge in [-0.05, 0) is 52.5 Å². The fourth-order valence-electron chi connectivity index (χ4n) is 1.68. The van der Waals surface area contributed by atoms with Crippen molar-refractivity contribution in [2.45, 2.75) is 13.8 Å². The van der Waals surface area contributed by atoms with Crippen LogP contribution in [0, 0.1) is 13.8 Å². The molecule has 0 amide bonds. The van der Waals surface area contributed by atoms with Crippen molar-refractivity contribution < 1.29 is 19.0 Å². The number of methoxy groups -OCH3 is 3. The Labute approximate surface area is 156 Å². The van der Waals surface area contributed by atoms with E-state index in [-0.39, 0.29) is 5.97 Å². The summed E-state index contributed by atoms with van der Waals surface area (Å²) in [7, 11) is 4.51. The summed E-state index contributed by atoms with van der Waals surface area (Å²) in [6.45, 7) is 3.91. The molecule has 0 bridgehead atoms. The molecule has 2 aromatic heterocycles. The predicted molar refractivity (Wildman–Crippen MR) is 99.8 cm³/mol. The van der Waals surface area contributed by atoms with E-state index in [1.54, 1.807) is 38.8 Å². The second kappa shape index (κ2) is 10.5. The fraction of sp³-hybridized carbons (Fsp3) is 0.278. The lowest BCUT2D eigenvalue weighted by Crippen LogP contribution is -1.94. The minimum absolute atomic E-state index is 0.384. The number of hydrogen-bond donors (Lipinski definition) is 0. The summed E-state index contributed by atoms with van der Waals surface area (Å²) in [5.74, 6) is 0.827. The highest BCUT2D eigenvalue weighted by atomic mass is 79.9. The zero-order chi connectivity index (χ0) is 18.8. The number of aromatic nitrogens is 2. The number of rotatable bonds is 4. The fourth-order valence-corrected chi connectivity index (χ4v) is 1.89. The van der Waals surface area contributed by atoms with Crippen LogP contribution in [0.2, 0.25) is 0 Å². The molecule has 0 radical (unpaired) electrons. The van der Waals surface area contributed by atoms with Crippen LogP contribution in [0.15, 0.2) is 35.1 Å². The molecule has 0 atom stereocenters.